The molecule has 0 saturated heterocycles. The van der Waals surface area contributed by atoms with Crippen LogP contribution in [-0.2, 0) is 0 Å². The maximum Gasteiger partial charge on any atom is 0.0105 e. The van der Waals surface area contributed by atoms with Crippen LogP contribution in [0.15, 0.2) is 0 Å². The average Bonchev–Trinajstić information content (AvgIpc) is 2.44. The van der Waals surface area contributed by atoms with Crippen LogP contribution in [0.2, 0.25) is 0 Å². The van der Waals surface area contributed by atoms with E-state index in [1.54, 1.807) is 0 Å². The highest BCUT2D eigenvalue weighted by Gasteiger charge is 2.31. The molecule has 4 heteroatoms. The van der Waals surface area contributed by atoms with Crippen LogP contribution in [0.1, 0.15) is 39.5 Å². The summed E-state index contributed by atoms with van der Waals surface area (Å²) >= 11 is 0. The molecule has 4 nitrogen and oxygen atoms in total. The van der Waals surface area contributed by atoms with Gasteiger partial charge >= 0.3 is 0 Å². The van der Waals surface area contributed by atoms with Crippen LogP contribution in [0.4, 0.5) is 0 Å². The minimum absolute atomic E-state index is 0.249. The van der Waals surface area contributed by atoms with E-state index >= 15 is 0 Å². The Labute approximate surface area is 112 Å². The summed E-state index contributed by atoms with van der Waals surface area (Å²) in [6.45, 7) is 5.67. The number of rotatable bonds is 6. The lowest BCUT2D eigenvalue weighted by Gasteiger charge is -2.38. The van der Waals surface area contributed by atoms with Gasteiger partial charge in [-0.25, -0.2) is 0 Å². The van der Waals surface area contributed by atoms with Crippen LogP contribution in [0, 0.1) is 23.7 Å². The van der Waals surface area contributed by atoms with E-state index in [2.05, 4.69) is 13.8 Å². The van der Waals surface area contributed by atoms with Crippen molar-refractivity contribution in [2.75, 3.05) is 13.1 Å². The summed E-state index contributed by atoms with van der Waals surface area (Å²) in [5, 5.41) is 0. The predicted molar refractivity (Wildman–Crippen MR) is 77.8 cm³/mol. The molecular formula is C14H32N4. The summed E-state index contributed by atoms with van der Waals surface area (Å²) in [5.41, 5.74) is 24.0. The zero-order valence-corrected chi connectivity index (χ0v) is 12.0. The van der Waals surface area contributed by atoms with Gasteiger partial charge in [0, 0.05) is 12.1 Å². The lowest BCUT2D eigenvalue weighted by Crippen LogP contribution is -2.45. The Bertz CT molecular complexity index is 202. The second-order valence-electron chi connectivity index (χ2n) is 6.26. The van der Waals surface area contributed by atoms with Gasteiger partial charge in [0.25, 0.3) is 0 Å². The topological polar surface area (TPSA) is 104 Å². The molecule has 1 rings (SSSR count). The second kappa shape index (κ2) is 7.43. The Morgan fingerprint density at radius 2 is 1.06 bits per heavy atom. The third-order valence-electron chi connectivity index (χ3n) is 4.96. The van der Waals surface area contributed by atoms with Crippen LogP contribution >= 0.6 is 0 Å². The Morgan fingerprint density at radius 3 is 1.28 bits per heavy atom. The normalized spacial score (nSPS) is 31.7. The van der Waals surface area contributed by atoms with Crippen LogP contribution in [0.5, 0.6) is 0 Å². The largest absolute Gasteiger partial charge is 0.330 e. The van der Waals surface area contributed by atoms with E-state index in [4.69, 9.17) is 22.9 Å². The monoisotopic (exact) mass is 256 g/mol. The highest BCUT2D eigenvalue weighted by atomic mass is 14.7. The van der Waals surface area contributed by atoms with Crippen molar-refractivity contribution >= 4 is 0 Å². The zero-order chi connectivity index (χ0) is 13.7. The lowest BCUT2D eigenvalue weighted by molar-refractivity contribution is 0.178. The molecule has 0 amide bonds. The van der Waals surface area contributed by atoms with Gasteiger partial charge in [0.2, 0.25) is 0 Å². The first-order valence-corrected chi connectivity index (χ1v) is 7.42. The smallest absolute Gasteiger partial charge is 0.0105 e. The van der Waals surface area contributed by atoms with E-state index in [9.17, 15) is 0 Å². The van der Waals surface area contributed by atoms with Crippen LogP contribution in [0.25, 0.3) is 0 Å². The Hall–Kier alpha value is -0.160. The highest BCUT2D eigenvalue weighted by Crippen LogP contribution is 2.34. The molecule has 0 aromatic carbocycles. The average molecular weight is 256 g/mol. The van der Waals surface area contributed by atoms with Crippen LogP contribution in [-0.4, -0.2) is 25.2 Å². The molecule has 4 atom stereocenters. The molecule has 1 aliphatic carbocycles. The van der Waals surface area contributed by atoms with Crippen molar-refractivity contribution in [1.82, 2.24) is 0 Å². The quantitative estimate of drug-likeness (QED) is 0.559. The fourth-order valence-corrected chi connectivity index (χ4v) is 3.16. The predicted octanol–water partition coefficient (Wildman–Crippen LogP) is 0.637. The molecule has 18 heavy (non-hydrogen) atoms. The lowest BCUT2D eigenvalue weighted by atomic mass is 9.72. The first kappa shape index (κ1) is 15.9. The van der Waals surface area contributed by atoms with Gasteiger partial charge in [-0.15, -0.1) is 0 Å². The molecule has 0 heterocycles. The third kappa shape index (κ3) is 3.92. The van der Waals surface area contributed by atoms with Gasteiger partial charge in [0.15, 0.2) is 0 Å². The minimum atomic E-state index is 0.249. The number of nitrogens with two attached hydrogens (primary N) is 4. The van der Waals surface area contributed by atoms with E-state index in [-0.39, 0.29) is 12.1 Å². The molecule has 1 saturated carbocycles. The first-order valence-electron chi connectivity index (χ1n) is 7.42. The van der Waals surface area contributed by atoms with E-state index in [0.717, 1.165) is 0 Å². The van der Waals surface area contributed by atoms with Crippen molar-refractivity contribution in [2.24, 2.45) is 46.6 Å². The van der Waals surface area contributed by atoms with Crippen molar-refractivity contribution in [2.45, 2.75) is 51.6 Å². The Morgan fingerprint density at radius 1 is 0.778 bits per heavy atom. The van der Waals surface area contributed by atoms with Crippen molar-refractivity contribution in [3.8, 4) is 0 Å². The molecule has 0 bridgehead atoms. The fourth-order valence-electron chi connectivity index (χ4n) is 3.16. The van der Waals surface area contributed by atoms with Crippen molar-refractivity contribution in [1.29, 1.82) is 0 Å². The molecule has 4 unspecified atom stereocenters. The third-order valence-corrected chi connectivity index (χ3v) is 4.96. The maximum atomic E-state index is 6.28. The van der Waals surface area contributed by atoms with E-state index in [0.29, 0.717) is 36.8 Å². The number of hydrogen-bond donors (Lipinski definition) is 4. The van der Waals surface area contributed by atoms with Gasteiger partial charge in [-0.05, 0) is 62.4 Å². The summed E-state index contributed by atoms with van der Waals surface area (Å²) in [6.07, 6.45) is 4.78. The molecule has 0 aromatic heterocycles. The summed E-state index contributed by atoms with van der Waals surface area (Å²) in [4.78, 5) is 0. The van der Waals surface area contributed by atoms with Gasteiger partial charge in [0.05, 0.1) is 0 Å². The molecule has 1 fully saturated rings. The van der Waals surface area contributed by atoms with Crippen LogP contribution in [0.3, 0.4) is 0 Å². The number of hydrogen-bond acceptors (Lipinski definition) is 4. The summed E-state index contributed by atoms with van der Waals surface area (Å²) in [5.74, 6) is 2.09. The van der Waals surface area contributed by atoms with E-state index < -0.39 is 0 Å². The summed E-state index contributed by atoms with van der Waals surface area (Å²) < 4.78 is 0. The molecule has 0 spiro atoms. The van der Waals surface area contributed by atoms with Gasteiger partial charge in [-0.2, -0.15) is 0 Å². The fraction of sp³-hybridized carbons (Fsp3) is 1.00. The van der Waals surface area contributed by atoms with E-state index in [1.165, 1.54) is 25.7 Å². The minimum Gasteiger partial charge on any atom is -0.330 e. The molecule has 0 radical (unpaired) electrons. The zero-order valence-electron chi connectivity index (χ0n) is 12.0. The molecule has 8 N–H and O–H groups in total. The van der Waals surface area contributed by atoms with Crippen LogP contribution < -0.4 is 22.9 Å². The SMILES string of the molecule is CC(CN)C(N)C1CCC(C(N)C(C)CN)CC1. The standard InChI is InChI=1S/C14H32N4/c1-9(7-15)13(17)11-3-5-12(6-4-11)14(18)10(2)8-16/h9-14H,3-8,15-18H2,1-2H3. The highest BCUT2D eigenvalue weighted by molar-refractivity contribution is 4.87. The van der Waals surface area contributed by atoms with Crippen molar-refractivity contribution in [3.05, 3.63) is 0 Å². The molecular weight excluding hydrogens is 224 g/mol. The summed E-state index contributed by atoms with van der Waals surface area (Å²) in [6, 6.07) is 0.498. The van der Waals surface area contributed by atoms with E-state index in [1.807, 2.05) is 0 Å². The van der Waals surface area contributed by atoms with Gasteiger partial charge < -0.3 is 22.9 Å². The van der Waals surface area contributed by atoms with Gasteiger partial charge in [0.1, 0.15) is 0 Å². The molecule has 1 aliphatic rings. The Kier molecular flexibility index (Phi) is 6.57. The second-order valence-corrected chi connectivity index (χ2v) is 6.26. The first-order chi connectivity index (χ1) is 8.51. The molecule has 108 valence electrons. The van der Waals surface area contributed by atoms with Crippen molar-refractivity contribution in [3.63, 3.8) is 0 Å². The maximum absolute atomic E-state index is 6.28. The Balaban J connectivity index is 2.41. The van der Waals surface area contributed by atoms with Gasteiger partial charge in [-0.3, -0.25) is 0 Å². The summed E-state index contributed by atoms with van der Waals surface area (Å²) in [7, 11) is 0. The molecule has 0 aromatic rings. The van der Waals surface area contributed by atoms with Crippen molar-refractivity contribution < 1.29 is 0 Å². The molecule has 0 aliphatic heterocycles. The van der Waals surface area contributed by atoms with Gasteiger partial charge in [-0.1, -0.05) is 13.8 Å².